The zero-order chi connectivity index (χ0) is 15.8. The molecular weight excluding hydrogens is 276 g/mol. The first kappa shape index (κ1) is 16.0. The number of unbranched alkanes of at least 4 members (excludes halogenated alkanes) is 1. The monoisotopic (exact) mass is 299 g/mol. The average molecular weight is 299 g/mol. The molecule has 2 rings (SSSR count). The van der Waals surface area contributed by atoms with Gasteiger partial charge in [-0.3, -0.25) is 4.79 Å². The van der Waals surface area contributed by atoms with Crippen LogP contribution in [0.1, 0.15) is 24.8 Å². The Kier molecular flexibility index (Phi) is 5.95. The molecule has 0 spiro atoms. The van der Waals surface area contributed by atoms with Crippen LogP contribution in [0.25, 0.3) is 0 Å². The van der Waals surface area contributed by atoms with Crippen molar-refractivity contribution in [2.75, 3.05) is 12.4 Å². The number of ether oxygens (including phenoxy) is 1. The molecule has 1 aromatic heterocycles. The van der Waals surface area contributed by atoms with Crippen LogP contribution in [-0.4, -0.2) is 13.0 Å². The number of carbonyl (C=O) groups excluding carboxylic acids is 1. The lowest BCUT2D eigenvalue weighted by molar-refractivity contribution is -0.697. The molecule has 1 N–H and O–H groups in total. The summed E-state index contributed by atoms with van der Waals surface area (Å²) in [7, 11) is 1.61. The second kappa shape index (κ2) is 8.17. The number of aromatic nitrogens is 1. The summed E-state index contributed by atoms with van der Waals surface area (Å²) in [6.07, 6.45) is 6.44. The number of methoxy groups -OCH3 is 1. The smallest absolute Gasteiger partial charge is 0.224 e. The third-order valence-corrected chi connectivity index (χ3v) is 3.48. The second-order valence-electron chi connectivity index (χ2n) is 5.32. The van der Waals surface area contributed by atoms with E-state index in [0.29, 0.717) is 12.2 Å². The Bertz CT molecular complexity index is 612. The van der Waals surface area contributed by atoms with Gasteiger partial charge in [-0.15, -0.1) is 0 Å². The number of pyridine rings is 1. The predicted molar refractivity (Wildman–Crippen MR) is 86.8 cm³/mol. The molecule has 0 aliphatic rings. The number of anilines is 1. The molecule has 0 bridgehead atoms. The number of nitrogens with zero attached hydrogens (tertiary/aromatic N) is 1. The van der Waals surface area contributed by atoms with Crippen molar-refractivity contribution in [1.29, 1.82) is 0 Å². The normalized spacial score (nSPS) is 10.3. The van der Waals surface area contributed by atoms with E-state index in [4.69, 9.17) is 4.74 Å². The molecule has 4 heteroatoms. The maximum Gasteiger partial charge on any atom is 0.224 e. The molecular formula is C18H23N2O2+. The van der Waals surface area contributed by atoms with E-state index in [-0.39, 0.29) is 5.91 Å². The minimum absolute atomic E-state index is 0.0296. The molecule has 0 atom stereocenters. The van der Waals surface area contributed by atoms with Crippen molar-refractivity contribution in [3.05, 3.63) is 54.4 Å². The highest BCUT2D eigenvalue weighted by Gasteiger charge is 2.08. The molecule has 1 aromatic carbocycles. The Hall–Kier alpha value is -2.36. The average Bonchev–Trinajstić information content (AvgIpc) is 2.53. The van der Waals surface area contributed by atoms with E-state index in [1.807, 2.05) is 55.7 Å². The molecule has 1 amide bonds. The summed E-state index contributed by atoms with van der Waals surface area (Å²) >= 11 is 0. The molecule has 22 heavy (non-hydrogen) atoms. The van der Waals surface area contributed by atoms with Gasteiger partial charge in [-0.05, 0) is 31.0 Å². The first-order chi connectivity index (χ1) is 10.7. The van der Waals surface area contributed by atoms with Crippen LogP contribution in [0.15, 0.2) is 48.8 Å². The fraction of sp³-hybridized carbons (Fsp3) is 0.333. The van der Waals surface area contributed by atoms with Crippen molar-refractivity contribution in [3.8, 4) is 5.75 Å². The van der Waals surface area contributed by atoms with Gasteiger partial charge in [0.1, 0.15) is 12.3 Å². The van der Waals surface area contributed by atoms with Crippen LogP contribution in [0.4, 0.5) is 5.69 Å². The molecule has 0 saturated carbocycles. The molecule has 0 aliphatic carbocycles. The lowest BCUT2D eigenvalue weighted by Gasteiger charge is -2.10. The summed E-state index contributed by atoms with van der Waals surface area (Å²) in [5.41, 5.74) is 1.83. The van der Waals surface area contributed by atoms with Gasteiger partial charge in [0.15, 0.2) is 12.4 Å². The quantitative estimate of drug-likeness (QED) is 0.630. The van der Waals surface area contributed by atoms with Gasteiger partial charge in [0.2, 0.25) is 5.91 Å². The molecule has 0 saturated heterocycles. The van der Waals surface area contributed by atoms with E-state index in [2.05, 4.69) is 9.88 Å². The van der Waals surface area contributed by atoms with Gasteiger partial charge in [-0.1, -0.05) is 12.1 Å². The third-order valence-electron chi connectivity index (χ3n) is 3.48. The minimum atomic E-state index is 0.0296. The van der Waals surface area contributed by atoms with Crippen molar-refractivity contribution >= 4 is 11.6 Å². The van der Waals surface area contributed by atoms with E-state index in [9.17, 15) is 4.79 Å². The molecule has 0 aliphatic heterocycles. The van der Waals surface area contributed by atoms with Crippen molar-refractivity contribution in [2.45, 2.75) is 32.7 Å². The van der Waals surface area contributed by atoms with Crippen molar-refractivity contribution in [1.82, 2.24) is 0 Å². The van der Waals surface area contributed by atoms with Crippen molar-refractivity contribution < 1.29 is 14.1 Å². The van der Waals surface area contributed by atoms with Crippen molar-refractivity contribution in [3.63, 3.8) is 0 Å². The Morgan fingerprint density at radius 1 is 1.18 bits per heavy atom. The van der Waals surface area contributed by atoms with Crippen LogP contribution in [0.2, 0.25) is 0 Å². The fourth-order valence-electron chi connectivity index (χ4n) is 2.30. The largest absolute Gasteiger partial charge is 0.495 e. The van der Waals surface area contributed by atoms with E-state index < -0.39 is 0 Å². The number of aryl methyl sites for hydroxylation is 2. The highest BCUT2D eigenvalue weighted by Crippen LogP contribution is 2.25. The van der Waals surface area contributed by atoms with Gasteiger partial charge in [-0.25, -0.2) is 4.57 Å². The molecule has 4 nitrogen and oxygen atoms in total. The SMILES string of the molecule is COc1ccc(C)cc1NC(=O)CCCC[n+]1ccccc1. The van der Waals surface area contributed by atoms with Gasteiger partial charge < -0.3 is 10.1 Å². The summed E-state index contributed by atoms with van der Waals surface area (Å²) in [5, 5.41) is 2.93. The summed E-state index contributed by atoms with van der Waals surface area (Å²) in [6.45, 7) is 2.92. The van der Waals surface area contributed by atoms with E-state index in [1.165, 1.54) is 0 Å². The van der Waals surface area contributed by atoms with Gasteiger partial charge in [0.25, 0.3) is 0 Å². The minimum Gasteiger partial charge on any atom is -0.495 e. The summed E-state index contributed by atoms with van der Waals surface area (Å²) in [6, 6.07) is 11.8. The Morgan fingerprint density at radius 2 is 1.95 bits per heavy atom. The van der Waals surface area contributed by atoms with Gasteiger partial charge >= 0.3 is 0 Å². The lowest BCUT2D eigenvalue weighted by Crippen LogP contribution is -2.32. The molecule has 0 unspecified atom stereocenters. The maximum atomic E-state index is 12.0. The van der Waals surface area contributed by atoms with Gasteiger partial charge in [-0.2, -0.15) is 0 Å². The number of benzene rings is 1. The summed E-state index contributed by atoms with van der Waals surface area (Å²) < 4.78 is 7.39. The number of carbonyl (C=O) groups is 1. The van der Waals surface area contributed by atoms with E-state index >= 15 is 0 Å². The third kappa shape index (κ3) is 4.88. The highest BCUT2D eigenvalue weighted by atomic mass is 16.5. The van der Waals surface area contributed by atoms with E-state index in [1.54, 1.807) is 7.11 Å². The molecule has 2 aromatic rings. The molecule has 1 heterocycles. The zero-order valence-corrected chi connectivity index (χ0v) is 13.2. The van der Waals surface area contributed by atoms with Crippen LogP contribution in [0.5, 0.6) is 5.75 Å². The van der Waals surface area contributed by atoms with Gasteiger partial charge in [0.05, 0.1) is 12.8 Å². The lowest BCUT2D eigenvalue weighted by atomic mass is 10.2. The molecule has 116 valence electrons. The topological polar surface area (TPSA) is 42.2 Å². The zero-order valence-electron chi connectivity index (χ0n) is 13.2. The first-order valence-corrected chi connectivity index (χ1v) is 7.57. The van der Waals surface area contributed by atoms with Crippen LogP contribution in [-0.2, 0) is 11.3 Å². The Balaban J connectivity index is 1.77. The summed E-state index contributed by atoms with van der Waals surface area (Å²) in [5.74, 6) is 0.723. The standard InChI is InChI=1S/C18H22N2O2/c1-15-9-10-17(22-2)16(14-15)19-18(21)8-4-7-13-20-11-5-3-6-12-20/h3,5-6,9-12,14H,4,7-8,13H2,1-2H3/p+1. The number of nitrogens with one attached hydrogen (secondary N) is 1. The molecule has 0 radical (unpaired) electrons. The molecule has 0 fully saturated rings. The van der Waals surface area contributed by atoms with Crippen LogP contribution < -0.4 is 14.6 Å². The van der Waals surface area contributed by atoms with Gasteiger partial charge in [0, 0.05) is 25.0 Å². The number of amides is 1. The maximum absolute atomic E-state index is 12.0. The van der Waals surface area contributed by atoms with E-state index in [0.717, 1.165) is 30.6 Å². The Morgan fingerprint density at radius 3 is 2.68 bits per heavy atom. The highest BCUT2D eigenvalue weighted by molar-refractivity contribution is 5.92. The van der Waals surface area contributed by atoms with Crippen LogP contribution in [0.3, 0.4) is 0 Å². The number of rotatable bonds is 7. The Labute approximate surface area is 131 Å². The number of hydrogen-bond donors (Lipinski definition) is 1. The van der Waals surface area contributed by atoms with Crippen LogP contribution >= 0.6 is 0 Å². The first-order valence-electron chi connectivity index (χ1n) is 7.57. The van der Waals surface area contributed by atoms with Crippen LogP contribution in [0, 0.1) is 6.92 Å². The van der Waals surface area contributed by atoms with Crippen molar-refractivity contribution in [2.24, 2.45) is 0 Å². The summed E-state index contributed by atoms with van der Waals surface area (Å²) in [4.78, 5) is 12.0. The predicted octanol–water partition coefficient (Wildman–Crippen LogP) is 3.10. The number of hydrogen-bond acceptors (Lipinski definition) is 2. The fourth-order valence-corrected chi connectivity index (χ4v) is 2.30. The second-order valence-corrected chi connectivity index (χ2v) is 5.32.